The van der Waals surface area contributed by atoms with Crippen LogP contribution in [0.25, 0.3) is 0 Å². The predicted octanol–water partition coefficient (Wildman–Crippen LogP) is 1.34. The number of aromatic nitrogens is 1. The zero-order valence-electron chi connectivity index (χ0n) is 10.0. The maximum absolute atomic E-state index is 12.2. The number of nitrogens with one attached hydrogen (secondary N) is 2. The molecule has 0 atom stereocenters. The molecule has 0 amide bonds. The standard InChI is InChI=1S/C11H17N3O2S/c1-3-12-10-9(5-4-8-13-10)17(15,16)14-11(2)6-7-11/h4-5,8,14H,3,6-7H2,1-2H3,(H,12,13). The van der Waals surface area contributed by atoms with Crippen LogP contribution < -0.4 is 10.0 Å². The second kappa shape index (κ2) is 4.27. The van der Waals surface area contributed by atoms with Crippen molar-refractivity contribution in [3.63, 3.8) is 0 Å². The fourth-order valence-electron chi connectivity index (χ4n) is 1.58. The highest BCUT2D eigenvalue weighted by molar-refractivity contribution is 7.89. The Hall–Kier alpha value is -1.14. The van der Waals surface area contributed by atoms with Gasteiger partial charge in [0, 0.05) is 18.3 Å². The van der Waals surface area contributed by atoms with Gasteiger partial charge < -0.3 is 5.32 Å². The van der Waals surface area contributed by atoms with Gasteiger partial charge in [0.15, 0.2) is 0 Å². The summed E-state index contributed by atoms with van der Waals surface area (Å²) < 4.78 is 27.1. The van der Waals surface area contributed by atoms with Crippen molar-refractivity contribution in [2.24, 2.45) is 0 Å². The average Bonchev–Trinajstić information content (AvgIpc) is 2.96. The van der Waals surface area contributed by atoms with E-state index >= 15 is 0 Å². The molecule has 17 heavy (non-hydrogen) atoms. The van der Waals surface area contributed by atoms with Crippen molar-refractivity contribution in [3.05, 3.63) is 18.3 Å². The van der Waals surface area contributed by atoms with Crippen LogP contribution in [-0.2, 0) is 10.0 Å². The number of rotatable bonds is 5. The summed E-state index contributed by atoms with van der Waals surface area (Å²) in [6.07, 6.45) is 3.36. The summed E-state index contributed by atoms with van der Waals surface area (Å²) in [5, 5.41) is 2.96. The molecule has 1 saturated carbocycles. The Kier molecular flexibility index (Phi) is 3.09. The maximum Gasteiger partial charge on any atom is 0.244 e. The normalized spacial score (nSPS) is 17.8. The molecule has 1 aromatic rings. The highest BCUT2D eigenvalue weighted by Crippen LogP contribution is 2.36. The van der Waals surface area contributed by atoms with E-state index in [4.69, 9.17) is 0 Å². The minimum Gasteiger partial charge on any atom is -0.369 e. The minimum absolute atomic E-state index is 0.218. The highest BCUT2D eigenvalue weighted by atomic mass is 32.2. The zero-order chi connectivity index (χ0) is 12.5. The zero-order valence-corrected chi connectivity index (χ0v) is 10.8. The molecule has 0 bridgehead atoms. The SMILES string of the molecule is CCNc1ncccc1S(=O)(=O)NC1(C)CC1. The molecule has 2 rings (SSSR count). The number of nitrogens with zero attached hydrogens (tertiary/aromatic N) is 1. The number of pyridine rings is 1. The molecule has 0 radical (unpaired) electrons. The molecule has 1 aliphatic carbocycles. The van der Waals surface area contributed by atoms with Gasteiger partial charge in [-0.3, -0.25) is 0 Å². The van der Waals surface area contributed by atoms with Crippen molar-refractivity contribution >= 4 is 15.8 Å². The van der Waals surface area contributed by atoms with Crippen molar-refractivity contribution in [3.8, 4) is 0 Å². The molecule has 6 heteroatoms. The van der Waals surface area contributed by atoms with Gasteiger partial charge in [0.25, 0.3) is 0 Å². The molecule has 1 aromatic heterocycles. The minimum atomic E-state index is -3.48. The third-order valence-electron chi connectivity index (χ3n) is 2.79. The van der Waals surface area contributed by atoms with Gasteiger partial charge in [0.05, 0.1) is 0 Å². The molecule has 1 aliphatic rings. The molecule has 0 unspecified atom stereocenters. The second-order valence-electron chi connectivity index (χ2n) is 4.55. The van der Waals surface area contributed by atoms with E-state index in [0.717, 1.165) is 12.8 Å². The van der Waals surface area contributed by atoms with Crippen LogP contribution in [0.3, 0.4) is 0 Å². The first-order chi connectivity index (χ1) is 7.97. The lowest BCUT2D eigenvalue weighted by atomic mass is 10.4. The number of sulfonamides is 1. The van der Waals surface area contributed by atoms with Gasteiger partial charge in [-0.15, -0.1) is 0 Å². The van der Waals surface area contributed by atoms with Gasteiger partial charge in [0.1, 0.15) is 10.7 Å². The number of anilines is 1. The Morgan fingerprint density at radius 2 is 2.18 bits per heavy atom. The predicted molar refractivity (Wildman–Crippen MR) is 66.4 cm³/mol. The first kappa shape index (κ1) is 12.3. The lowest BCUT2D eigenvalue weighted by molar-refractivity contribution is 0.558. The molecule has 5 nitrogen and oxygen atoms in total. The third-order valence-corrected chi connectivity index (χ3v) is 4.46. The van der Waals surface area contributed by atoms with Crippen LogP contribution in [0.2, 0.25) is 0 Å². The topological polar surface area (TPSA) is 71.1 Å². The molecule has 0 spiro atoms. The Labute approximate surface area is 102 Å². The monoisotopic (exact) mass is 255 g/mol. The molecule has 1 fully saturated rings. The van der Waals surface area contributed by atoms with Gasteiger partial charge in [0.2, 0.25) is 10.0 Å². The van der Waals surface area contributed by atoms with Gasteiger partial charge in [-0.2, -0.15) is 0 Å². The van der Waals surface area contributed by atoms with E-state index in [2.05, 4.69) is 15.0 Å². The van der Waals surface area contributed by atoms with Crippen LogP contribution in [0, 0.1) is 0 Å². The van der Waals surface area contributed by atoms with Crippen molar-refractivity contribution in [1.29, 1.82) is 0 Å². The smallest absolute Gasteiger partial charge is 0.244 e. The van der Waals surface area contributed by atoms with E-state index in [1.54, 1.807) is 18.3 Å². The van der Waals surface area contributed by atoms with Gasteiger partial charge in [-0.05, 0) is 38.8 Å². The first-order valence-electron chi connectivity index (χ1n) is 5.70. The van der Waals surface area contributed by atoms with Gasteiger partial charge in [-0.1, -0.05) is 0 Å². The Bertz CT molecular complexity index is 509. The van der Waals surface area contributed by atoms with Crippen molar-refractivity contribution in [2.75, 3.05) is 11.9 Å². The van der Waals surface area contributed by atoms with Crippen LogP contribution in [0.4, 0.5) is 5.82 Å². The van der Waals surface area contributed by atoms with E-state index in [1.807, 2.05) is 13.8 Å². The molecule has 0 aromatic carbocycles. The molecular formula is C11H17N3O2S. The summed E-state index contributed by atoms with van der Waals surface area (Å²) in [5.41, 5.74) is -0.266. The Morgan fingerprint density at radius 3 is 2.76 bits per heavy atom. The van der Waals surface area contributed by atoms with Crippen LogP contribution in [0.1, 0.15) is 26.7 Å². The van der Waals surface area contributed by atoms with E-state index in [0.29, 0.717) is 12.4 Å². The molecular weight excluding hydrogens is 238 g/mol. The summed E-state index contributed by atoms with van der Waals surface area (Å²) in [6.45, 7) is 4.45. The Morgan fingerprint density at radius 1 is 1.47 bits per heavy atom. The van der Waals surface area contributed by atoms with E-state index in [1.165, 1.54) is 0 Å². The molecule has 2 N–H and O–H groups in total. The van der Waals surface area contributed by atoms with Crippen molar-refractivity contribution in [2.45, 2.75) is 37.1 Å². The summed E-state index contributed by atoms with van der Waals surface area (Å²) in [4.78, 5) is 4.27. The number of hydrogen-bond acceptors (Lipinski definition) is 4. The fraction of sp³-hybridized carbons (Fsp3) is 0.545. The van der Waals surface area contributed by atoms with Crippen LogP contribution in [0.15, 0.2) is 23.2 Å². The summed E-state index contributed by atoms with van der Waals surface area (Å²) >= 11 is 0. The Balaban J connectivity index is 2.31. The molecule has 94 valence electrons. The van der Waals surface area contributed by atoms with Gasteiger partial charge >= 0.3 is 0 Å². The summed E-state index contributed by atoms with van der Waals surface area (Å²) in [6, 6.07) is 3.20. The number of hydrogen-bond donors (Lipinski definition) is 2. The van der Waals surface area contributed by atoms with Crippen LogP contribution in [-0.4, -0.2) is 25.5 Å². The average molecular weight is 255 g/mol. The van der Waals surface area contributed by atoms with E-state index in [9.17, 15) is 8.42 Å². The largest absolute Gasteiger partial charge is 0.369 e. The molecule has 1 heterocycles. The lowest BCUT2D eigenvalue weighted by Gasteiger charge is -2.14. The van der Waals surface area contributed by atoms with Crippen LogP contribution in [0.5, 0.6) is 0 Å². The highest BCUT2D eigenvalue weighted by Gasteiger charge is 2.41. The van der Waals surface area contributed by atoms with Crippen molar-refractivity contribution in [1.82, 2.24) is 9.71 Å². The van der Waals surface area contributed by atoms with Gasteiger partial charge in [-0.25, -0.2) is 18.1 Å². The molecule has 0 aliphatic heterocycles. The first-order valence-corrected chi connectivity index (χ1v) is 7.18. The quantitative estimate of drug-likeness (QED) is 0.833. The molecule has 0 saturated heterocycles. The fourth-order valence-corrected chi connectivity index (χ4v) is 3.18. The second-order valence-corrected chi connectivity index (χ2v) is 6.20. The summed E-state index contributed by atoms with van der Waals surface area (Å²) in [5.74, 6) is 0.409. The van der Waals surface area contributed by atoms with Crippen LogP contribution >= 0.6 is 0 Å². The third kappa shape index (κ3) is 2.76. The summed E-state index contributed by atoms with van der Waals surface area (Å²) in [7, 11) is -3.48. The van der Waals surface area contributed by atoms with E-state index in [-0.39, 0.29) is 10.4 Å². The van der Waals surface area contributed by atoms with Crippen molar-refractivity contribution < 1.29 is 8.42 Å². The lowest BCUT2D eigenvalue weighted by Crippen LogP contribution is -2.34. The van der Waals surface area contributed by atoms with E-state index < -0.39 is 10.0 Å². The maximum atomic E-state index is 12.2.